The predicted molar refractivity (Wildman–Crippen MR) is 79.7 cm³/mol. The Morgan fingerprint density at radius 3 is 2.75 bits per heavy atom. The first-order chi connectivity index (χ1) is 9.54. The molecule has 0 atom stereocenters. The Balaban J connectivity index is 3.20. The highest BCUT2D eigenvalue weighted by molar-refractivity contribution is 7.19. The van der Waals surface area contributed by atoms with Crippen molar-refractivity contribution in [3.63, 3.8) is 0 Å². The van der Waals surface area contributed by atoms with Gasteiger partial charge in [-0.15, -0.1) is 0 Å². The number of ether oxygens (including phenoxy) is 1. The Morgan fingerprint density at radius 1 is 1.60 bits per heavy atom. The molecule has 0 spiro atoms. The largest absolute Gasteiger partial charge is 0.462 e. The Hall–Kier alpha value is -1.58. The molecule has 0 aliphatic carbocycles. The molecular formula is C13H16ClN3O2S. The quantitative estimate of drug-likeness (QED) is 0.457. The number of allylic oxidation sites excluding steroid dienone is 1. The van der Waals surface area contributed by atoms with Gasteiger partial charge in [0.2, 0.25) is 0 Å². The number of aromatic nitrogens is 1. The number of thiazole rings is 1. The van der Waals surface area contributed by atoms with Crippen LogP contribution >= 0.6 is 22.9 Å². The minimum atomic E-state index is -0.596. The van der Waals surface area contributed by atoms with E-state index in [-0.39, 0.29) is 12.2 Å². The van der Waals surface area contributed by atoms with Gasteiger partial charge in [0, 0.05) is 12.7 Å². The van der Waals surface area contributed by atoms with Crippen LogP contribution in [0.15, 0.2) is 17.5 Å². The molecule has 0 fully saturated rings. The van der Waals surface area contributed by atoms with E-state index >= 15 is 0 Å². The predicted octanol–water partition coefficient (Wildman–Crippen LogP) is 3.37. The number of hydrogen-bond acceptors (Lipinski definition) is 6. The summed E-state index contributed by atoms with van der Waals surface area (Å²) in [6.45, 7) is 3.92. The first-order valence-electron chi connectivity index (χ1n) is 6.20. The van der Waals surface area contributed by atoms with Crippen LogP contribution in [0.25, 0.3) is 0 Å². The molecule has 1 rings (SSSR count). The SMILES string of the molecule is CCCC(=C(C#N)C(=O)OCC)N(C)c1cnc(Cl)s1. The summed E-state index contributed by atoms with van der Waals surface area (Å²) in [7, 11) is 1.78. The molecular weight excluding hydrogens is 298 g/mol. The van der Waals surface area contributed by atoms with Gasteiger partial charge < -0.3 is 9.64 Å². The Morgan fingerprint density at radius 2 is 2.30 bits per heavy atom. The van der Waals surface area contributed by atoms with Crippen molar-refractivity contribution in [2.45, 2.75) is 26.7 Å². The first-order valence-corrected chi connectivity index (χ1v) is 7.39. The molecule has 7 heteroatoms. The molecule has 0 aliphatic rings. The number of esters is 1. The standard InChI is InChI=1S/C13H16ClN3O2S/c1-4-6-10(9(7-15)12(18)19-5-2)17(3)11-8-16-13(14)20-11/h8H,4-6H2,1-3H3. The number of rotatable bonds is 6. The lowest BCUT2D eigenvalue weighted by Crippen LogP contribution is -2.21. The third-order valence-corrected chi connectivity index (χ3v) is 3.76. The van der Waals surface area contributed by atoms with Crippen LogP contribution in [-0.4, -0.2) is 24.6 Å². The summed E-state index contributed by atoms with van der Waals surface area (Å²) in [5.74, 6) is -0.596. The first kappa shape index (κ1) is 16.5. The number of nitrogens with zero attached hydrogens (tertiary/aromatic N) is 3. The summed E-state index contributed by atoms with van der Waals surface area (Å²) in [6.07, 6.45) is 3.01. The van der Waals surface area contributed by atoms with Crippen LogP contribution < -0.4 is 4.90 Å². The number of anilines is 1. The zero-order valence-electron chi connectivity index (χ0n) is 11.6. The monoisotopic (exact) mass is 313 g/mol. The summed E-state index contributed by atoms with van der Waals surface area (Å²) in [4.78, 5) is 17.6. The van der Waals surface area contributed by atoms with Crippen molar-refractivity contribution in [2.75, 3.05) is 18.6 Å². The average molecular weight is 314 g/mol. The summed E-state index contributed by atoms with van der Waals surface area (Å²) in [6, 6.07) is 1.94. The maximum atomic E-state index is 11.9. The molecule has 0 saturated heterocycles. The van der Waals surface area contributed by atoms with E-state index in [0.717, 1.165) is 11.4 Å². The number of hydrogen-bond donors (Lipinski definition) is 0. The minimum absolute atomic E-state index is 0.0284. The lowest BCUT2D eigenvalue weighted by atomic mass is 10.1. The van der Waals surface area contributed by atoms with Gasteiger partial charge in [0.15, 0.2) is 10.0 Å². The molecule has 1 heterocycles. The fourth-order valence-corrected chi connectivity index (χ4v) is 2.58. The molecule has 0 aliphatic heterocycles. The molecule has 5 nitrogen and oxygen atoms in total. The highest BCUT2D eigenvalue weighted by Crippen LogP contribution is 2.30. The smallest absolute Gasteiger partial charge is 0.350 e. The molecule has 0 bridgehead atoms. The Labute approximate surface area is 127 Å². The Kier molecular flexibility index (Phi) is 6.49. The van der Waals surface area contributed by atoms with Crippen molar-refractivity contribution in [1.82, 2.24) is 4.98 Å². The molecule has 1 aromatic rings. The van der Waals surface area contributed by atoms with Gasteiger partial charge in [-0.2, -0.15) is 5.26 Å². The van der Waals surface area contributed by atoms with Crippen LogP contribution in [0.3, 0.4) is 0 Å². The number of carbonyl (C=O) groups excluding carboxylic acids is 1. The number of halogens is 1. The fraction of sp³-hybridized carbons (Fsp3) is 0.462. The highest BCUT2D eigenvalue weighted by atomic mass is 35.5. The maximum Gasteiger partial charge on any atom is 0.350 e. The average Bonchev–Trinajstić information content (AvgIpc) is 2.85. The van der Waals surface area contributed by atoms with Crippen molar-refractivity contribution in [1.29, 1.82) is 5.26 Å². The highest BCUT2D eigenvalue weighted by Gasteiger charge is 2.21. The third kappa shape index (κ3) is 3.95. The van der Waals surface area contributed by atoms with Gasteiger partial charge in [0.1, 0.15) is 11.1 Å². The van der Waals surface area contributed by atoms with E-state index < -0.39 is 5.97 Å². The topological polar surface area (TPSA) is 66.2 Å². The zero-order chi connectivity index (χ0) is 15.1. The van der Waals surface area contributed by atoms with Crippen LogP contribution in [0, 0.1) is 11.3 Å². The van der Waals surface area contributed by atoms with Gasteiger partial charge in [-0.1, -0.05) is 36.3 Å². The summed E-state index contributed by atoms with van der Waals surface area (Å²) in [5.41, 5.74) is 0.648. The molecule has 0 N–H and O–H groups in total. The lowest BCUT2D eigenvalue weighted by molar-refractivity contribution is -0.138. The van der Waals surface area contributed by atoms with Crippen molar-refractivity contribution in [2.24, 2.45) is 0 Å². The van der Waals surface area contributed by atoms with Gasteiger partial charge in [0.25, 0.3) is 0 Å². The maximum absolute atomic E-state index is 11.9. The van der Waals surface area contributed by atoms with E-state index in [4.69, 9.17) is 16.3 Å². The van der Waals surface area contributed by atoms with Crippen LogP contribution in [0.2, 0.25) is 4.47 Å². The number of carbonyl (C=O) groups is 1. The molecule has 0 amide bonds. The molecule has 0 unspecified atom stereocenters. The molecule has 0 saturated carbocycles. The van der Waals surface area contributed by atoms with Gasteiger partial charge in [-0.25, -0.2) is 9.78 Å². The van der Waals surface area contributed by atoms with E-state index in [1.807, 2.05) is 13.0 Å². The van der Waals surface area contributed by atoms with Crippen molar-refractivity contribution in [3.05, 3.63) is 21.9 Å². The molecule has 0 aromatic carbocycles. The second-order valence-corrected chi connectivity index (χ2v) is 5.51. The van der Waals surface area contributed by atoms with Gasteiger partial charge in [0.05, 0.1) is 12.8 Å². The summed E-state index contributed by atoms with van der Waals surface area (Å²) < 4.78 is 5.34. The van der Waals surface area contributed by atoms with Crippen molar-refractivity contribution < 1.29 is 9.53 Å². The lowest BCUT2D eigenvalue weighted by Gasteiger charge is -2.21. The van der Waals surface area contributed by atoms with E-state index in [1.54, 1.807) is 25.1 Å². The zero-order valence-corrected chi connectivity index (χ0v) is 13.2. The molecule has 0 radical (unpaired) electrons. The van der Waals surface area contributed by atoms with Crippen LogP contribution in [0.5, 0.6) is 0 Å². The van der Waals surface area contributed by atoms with Crippen molar-refractivity contribution in [3.8, 4) is 6.07 Å². The normalized spacial score (nSPS) is 11.6. The Bertz CT molecular complexity index is 548. The fourth-order valence-electron chi connectivity index (χ4n) is 1.66. The van der Waals surface area contributed by atoms with Gasteiger partial charge in [-0.3, -0.25) is 0 Å². The van der Waals surface area contributed by atoms with E-state index in [1.165, 1.54) is 11.3 Å². The van der Waals surface area contributed by atoms with Crippen LogP contribution in [0.1, 0.15) is 26.7 Å². The van der Waals surface area contributed by atoms with E-state index in [0.29, 0.717) is 16.6 Å². The van der Waals surface area contributed by atoms with Crippen molar-refractivity contribution >= 4 is 33.9 Å². The summed E-state index contributed by atoms with van der Waals surface area (Å²) >= 11 is 7.11. The van der Waals surface area contributed by atoms with E-state index in [2.05, 4.69) is 4.98 Å². The van der Waals surface area contributed by atoms with Gasteiger partial charge in [-0.05, 0) is 13.3 Å². The number of nitriles is 1. The second kappa shape index (κ2) is 7.88. The van der Waals surface area contributed by atoms with Crippen LogP contribution in [-0.2, 0) is 9.53 Å². The van der Waals surface area contributed by atoms with Gasteiger partial charge >= 0.3 is 5.97 Å². The second-order valence-electron chi connectivity index (χ2n) is 3.91. The molecule has 1 aromatic heterocycles. The summed E-state index contributed by atoms with van der Waals surface area (Å²) in [5, 5.41) is 10.0. The van der Waals surface area contributed by atoms with E-state index in [9.17, 15) is 10.1 Å². The molecule has 108 valence electrons. The minimum Gasteiger partial charge on any atom is -0.462 e. The molecule has 20 heavy (non-hydrogen) atoms. The third-order valence-electron chi connectivity index (χ3n) is 2.57. The van der Waals surface area contributed by atoms with Crippen LogP contribution in [0.4, 0.5) is 5.00 Å².